The Balaban J connectivity index is 1.84. The minimum atomic E-state index is -0.789. The van der Waals surface area contributed by atoms with Crippen LogP contribution in [0.1, 0.15) is 18.6 Å². The van der Waals surface area contributed by atoms with Crippen LogP contribution in [0.15, 0.2) is 81.6 Å². The number of ether oxygens (including phenoxy) is 1. The van der Waals surface area contributed by atoms with Crippen LogP contribution in [0.4, 0.5) is 10.1 Å². The van der Waals surface area contributed by atoms with Gasteiger partial charge in [0.1, 0.15) is 18.2 Å². The SMILES string of the molecule is C=CCOC(=O)C1=C(C)NC(SCC(=O)Nc2cccc(F)c2)=C(C#N)C1c1ccco1. The predicted octanol–water partition coefficient (Wildman–Crippen LogP) is 4.22. The number of dihydropyridines is 1. The Labute approximate surface area is 188 Å². The third kappa shape index (κ3) is 5.28. The molecule has 0 bridgehead atoms. The van der Waals surface area contributed by atoms with Gasteiger partial charge in [-0.05, 0) is 37.3 Å². The van der Waals surface area contributed by atoms with Crippen LogP contribution in [-0.2, 0) is 14.3 Å². The summed E-state index contributed by atoms with van der Waals surface area (Å²) in [6, 6.07) is 11.0. The van der Waals surface area contributed by atoms with Crippen molar-refractivity contribution in [3.05, 3.63) is 88.8 Å². The fraction of sp³-hybridized carbons (Fsp3) is 0.174. The summed E-state index contributed by atoms with van der Waals surface area (Å²) in [7, 11) is 0. The van der Waals surface area contributed by atoms with E-state index in [-0.39, 0.29) is 29.4 Å². The number of carbonyl (C=O) groups excluding carboxylic acids is 2. The van der Waals surface area contributed by atoms with Crippen molar-refractivity contribution in [2.45, 2.75) is 12.8 Å². The van der Waals surface area contributed by atoms with Crippen molar-refractivity contribution in [1.29, 1.82) is 5.26 Å². The van der Waals surface area contributed by atoms with Crippen LogP contribution in [-0.4, -0.2) is 24.2 Å². The second-order valence-corrected chi connectivity index (χ2v) is 7.69. The molecular weight excluding hydrogens is 433 g/mol. The number of halogens is 1. The Morgan fingerprint density at radius 3 is 2.88 bits per heavy atom. The molecule has 2 aromatic rings. The first-order valence-corrected chi connectivity index (χ1v) is 10.5. The van der Waals surface area contributed by atoms with Gasteiger partial charge < -0.3 is 19.8 Å². The number of nitriles is 1. The molecule has 1 unspecified atom stereocenters. The van der Waals surface area contributed by atoms with E-state index in [1.165, 1.54) is 30.5 Å². The van der Waals surface area contributed by atoms with Crippen molar-refractivity contribution in [1.82, 2.24) is 5.32 Å². The number of hydrogen-bond acceptors (Lipinski definition) is 7. The molecule has 0 saturated heterocycles. The van der Waals surface area contributed by atoms with E-state index in [0.717, 1.165) is 11.8 Å². The minimum Gasteiger partial charge on any atom is -0.468 e. The summed E-state index contributed by atoms with van der Waals surface area (Å²) < 4.78 is 24.0. The quantitative estimate of drug-likeness (QED) is 0.456. The van der Waals surface area contributed by atoms with Crippen LogP contribution in [0, 0.1) is 17.1 Å². The average Bonchev–Trinajstić information content (AvgIpc) is 3.30. The summed E-state index contributed by atoms with van der Waals surface area (Å²) in [4.78, 5) is 25.0. The van der Waals surface area contributed by atoms with E-state index in [1.807, 2.05) is 0 Å². The van der Waals surface area contributed by atoms with Gasteiger partial charge in [-0.15, -0.1) is 0 Å². The lowest BCUT2D eigenvalue weighted by Gasteiger charge is -2.27. The van der Waals surface area contributed by atoms with Crippen molar-refractivity contribution < 1.29 is 23.1 Å². The fourth-order valence-electron chi connectivity index (χ4n) is 3.15. The molecule has 0 radical (unpaired) electrons. The van der Waals surface area contributed by atoms with Crippen LogP contribution in [0.3, 0.4) is 0 Å². The topological polar surface area (TPSA) is 104 Å². The van der Waals surface area contributed by atoms with Gasteiger partial charge in [-0.2, -0.15) is 5.26 Å². The normalized spacial score (nSPS) is 15.6. The van der Waals surface area contributed by atoms with E-state index < -0.39 is 17.7 Å². The third-order valence-electron chi connectivity index (χ3n) is 4.48. The Bertz CT molecular complexity index is 1130. The second-order valence-electron chi connectivity index (χ2n) is 6.70. The Morgan fingerprint density at radius 1 is 1.41 bits per heavy atom. The molecule has 3 rings (SSSR count). The second kappa shape index (κ2) is 10.5. The number of anilines is 1. The molecule has 0 fully saturated rings. The van der Waals surface area contributed by atoms with Gasteiger partial charge in [0.15, 0.2) is 0 Å². The molecule has 1 aromatic carbocycles. The van der Waals surface area contributed by atoms with Gasteiger partial charge in [-0.25, -0.2) is 9.18 Å². The standard InChI is InChI=1S/C23H20FN3O4S/c1-3-9-31-23(29)20-14(2)26-22(17(12-25)21(20)18-8-5-10-30-18)32-13-19(28)27-16-7-4-6-15(24)11-16/h3-8,10-11,21,26H,1,9,13H2,2H3,(H,27,28). The molecule has 2 N–H and O–H groups in total. The molecule has 32 heavy (non-hydrogen) atoms. The molecule has 1 aliphatic rings. The highest BCUT2D eigenvalue weighted by atomic mass is 32.2. The van der Waals surface area contributed by atoms with E-state index >= 15 is 0 Å². The van der Waals surface area contributed by atoms with E-state index in [0.29, 0.717) is 22.2 Å². The first-order valence-electron chi connectivity index (χ1n) is 9.56. The summed E-state index contributed by atoms with van der Waals surface area (Å²) in [6.45, 7) is 5.24. The van der Waals surface area contributed by atoms with E-state index in [4.69, 9.17) is 9.15 Å². The largest absolute Gasteiger partial charge is 0.468 e. The molecule has 1 amide bonds. The lowest BCUT2D eigenvalue weighted by Crippen LogP contribution is -2.29. The Hall–Kier alpha value is -3.77. The van der Waals surface area contributed by atoms with Crippen LogP contribution in [0.2, 0.25) is 0 Å². The highest BCUT2D eigenvalue weighted by Crippen LogP contribution is 2.41. The van der Waals surface area contributed by atoms with Crippen molar-refractivity contribution in [2.24, 2.45) is 0 Å². The lowest BCUT2D eigenvalue weighted by atomic mass is 9.86. The number of allylic oxidation sites excluding steroid dienone is 2. The number of nitrogens with zero attached hydrogens (tertiary/aromatic N) is 1. The smallest absolute Gasteiger partial charge is 0.337 e. The Kier molecular flexibility index (Phi) is 7.52. The van der Waals surface area contributed by atoms with Gasteiger partial charge in [0.25, 0.3) is 0 Å². The number of thioether (sulfide) groups is 1. The summed E-state index contributed by atoms with van der Waals surface area (Å²) >= 11 is 1.09. The molecule has 0 saturated carbocycles. The first kappa shape index (κ1) is 22.9. The number of furan rings is 1. The molecule has 1 aliphatic heterocycles. The van der Waals surface area contributed by atoms with Gasteiger partial charge in [-0.1, -0.05) is 30.5 Å². The summed E-state index contributed by atoms with van der Waals surface area (Å²) in [5, 5.41) is 15.9. The maximum Gasteiger partial charge on any atom is 0.337 e. The maximum atomic E-state index is 13.3. The van der Waals surface area contributed by atoms with Crippen molar-refractivity contribution in [3.8, 4) is 6.07 Å². The number of carbonyl (C=O) groups is 2. The zero-order valence-electron chi connectivity index (χ0n) is 17.2. The number of nitrogens with one attached hydrogen (secondary N) is 2. The molecular formula is C23H20FN3O4S. The fourth-order valence-corrected chi connectivity index (χ4v) is 4.04. The zero-order chi connectivity index (χ0) is 23.1. The molecule has 164 valence electrons. The highest BCUT2D eigenvalue weighted by molar-refractivity contribution is 8.03. The highest BCUT2D eigenvalue weighted by Gasteiger charge is 2.37. The number of rotatable bonds is 8. The minimum absolute atomic E-state index is 0.0218. The molecule has 1 atom stereocenters. The van der Waals surface area contributed by atoms with Gasteiger partial charge >= 0.3 is 5.97 Å². The molecule has 1 aromatic heterocycles. The number of amides is 1. The molecule has 9 heteroatoms. The Morgan fingerprint density at radius 2 is 2.22 bits per heavy atom. The summed E-state index contributed by atoms with van der Waals surface area (Å²) in [5.74, 6) is -1.87. The molecule has 7 nitrogen and oxygen atoms in total. The zero-order valence-corrected chi connectivity index (χ0v) is 18.0. The predicted molar refractivity (Wildman–Crippen MR) is 119 cm³/mol. The summed E-state index contributed by atoms with van der Waals surface area (Å²) in [6.07, 6.45) is 2.90. The first-order chi connectivity index (χ1) is 15.4. The van der Waals surface area contributed by atoms with Crippen LogP contribution >= 0.6 is 11.8 Å². The number of hydrogen-bond donors (Lipinski definition) is 2. The van der Waals surface area contributed by atoms with Crippen molar-refractivity contribution in [3.63, 3.8) is 0 Å². The lowest BCUT2D eigenvalue weighted by molar-refractivity contribution is -0.138. The van der Waals surface area contributed by atoms with Crippen LogP contribution in [0.5, 0.6) is 0 Å². The maximum absolute atomic E-state index is 13.3. The molecule has 0 aliphatic carbocycles. The molecule has 0 spiro atoms. The van der Waals surface area contributed by atoms with Gasteiger partial charge in [0.05, 0.1) is 40.2 Å². The monoisotopic (exact) mass is 453 g/mol. The van der Waals surface area contributed by atoms with E-state index in [2.05, 4.69) is 23.3 Å². The third-order valence-corrected chi connectivity index (χ3v) is 5.50. The van der Waals surface area contributed by atoms with Gasteiger partial charge in [-0.3, -0.25) is 4.79 Å². The average molecular weight is 453 g/mol. The molecule has 2 heterocycles. The summed E-state index contributed by atoms with van der Waals surface area (Å²) in [5.41, 5.74) is 1.28. The van der Waals surface area contributed by atoms with Crippen LogP contribution in [0.25, 0.3) is 0 Å². The van der Waals surface area contributed by atoms with Gasteiger partial charge in [0.2, 0.25) is 5.91 Å². The number of esters is 1. The van der Waals surface area contributed by atoms with Gasteiger partial charge in [0, 0.05) is 11.4 Å². The number of benzene rings is 1. The van der Waals surface area contributed by atoms with Crippen LogP contribution < -0.4 is 10.6 Å². The van der Waals surface area contributed by atoms with E-state index in [9.17, 15) is 19.2 Å². The van der Waals surface area contributed by atoms with E-state index in [1.54, 1.807) is 25.1 Å². The van der Waals surface area contributed by atoms with Crippen molar-refractivity contribution in [2.75, 3.05) is 17.7 Å². The van der Waals surface area contributed by atoms with Crippen molar-refractivity contribution >= 4 is 29.3 Å².